The van der Waals surface area contributed by atoms with Crippen molar-refractivity contribution in [3.63, 3.8) is 0 Å². The third kappa shape index (κ3) is 4.77. The van der Waals surface area contributed by atoms with E-state index in [4.69, 9.17) is 9.97 Å². The summed E-state index contributed by atoms with van der Waals surface area (Å²) in [7, 11) is 0. The number of hydrogen-bond donors (Lipinski definition) is 0. The molecule has 0 aliphatic heterocycles. The minimum Gasteiger partial charge on any atom is -0.309 e. The molecule has 0 fully saturated rings. The van der Waals surface area contributed by atoms with Crippen LogP contribution in [0.5, 0.6) is 0 Å². The van der Waals surface area contributed by atoms with Crippen molar-refractivity contribution in [3.8, 4) is 45.1 Å². The van der Waals surface area contributed by atoms with Gasteiger partial charge in [0, 0.05) is 50.8 Å². The highest BCUT2D eigenvalue weighted by molar-refractivity contribution is 6.25. The van der Waals surface area contributed by atoms with E-state index >= 15 is 0 Å². The predicted molar refractivity (Wildman–Crippen MR) is 227 cm³/mol. The maximum atomic E-state index is 9.89. The zero-order valence-corrected chi connectivity index (χ0v) is 29.6. The number of nitriles is 1. The van der Waals surface area contributed by atoms with E-state index in [0.717, 1.165) is 87.9 Å². The molecule has 0 unspecified atom stereocenters. The first-order chi connectivity index (χ1) is 27.2. The number of hydrogen-bond acceptors (Lipinski definition) is 3. The van der Waals surface area contributed by atoms with Gasteiger partial charge in [0.25, 0.3) is 0 Å². The van der Waals surface area contributed by atoms with Crippen LogP contribution in [0.4, 0.5) is 0 Å². The van der Waals surface area contributed by atoms with Gasteiger partial charge in [0.1, 0.15) is 0 Å². The molecule has 11 aromatic rings. The molecule has 0 saturated heterocycles. The number of benzene rings is 8. The van der Waals surface area contributed by atoms with Gasteiger partial charge in [-0.3, -0.25) is 9.97 Å². The van der Waals surface area contributed by atoms with Gasteiger partial charge < -0.3 is 4.57 Å². The molecule has 254 valence electrons. The summed E-state index contributed by atoms with van der Waals surface area (Å²) in [6, 6.07) is 62.4. The minimum atomic E-state index is 0.645. The van der Waals surface area contributed by atoms with Crippen molar-refractivity contribution in [2.75, 3.05) is 0 Å². The lowest BCUT2D eigenvalue weighted by molar-refractivity contribution is 1.18. The van der Waals surface area contributed by atoms with Gasteiger partial charge in [-0.1, -0.05) is 109 Å². The topological polar surface area (TPSA) is 54.5 Å². The Hall–Kier alpha value is -7.61. The Balaban J connectivity index is 1.24. The molecule has 55 heavy (non-hydrogen) atoms. The Labute approximate surface area is 316 Å². The monoisotopic (exact) mass is 698 g/mol. The van der Waals surface area contributed by atoms with Crippen molar-refractivity contribution < 1.29 is 0 Å². The molecular weight excluding hydrogens is 669 g/mol. The quantitative estimate of drug-likeness (QED) is 0.172. The van der Waals surface area contributed by atoms with Gasteiger partial charge >= 0.3 is 0 Å². The normalized spacial score (nSPS) is 11.6. The molecular formula is C51H30N4. The summed E-state index contributed by atoms with van der Waals surface area (Å²) in [6.07, 6.45) is 3.77. The average Bonchev–Trinajstić information content (AvgIpc) is 3.58. The molecule has 8 aromatic carbocycles. The molecule has 0 aliphatic carbocycles. The molecule has 0 radical (unpaired) electrons. The van der Waals surface area contributed by atoms with Crippen LogP contribution in [0.2, 0.25) is 0 Å². The summed E-state index contributed by atoms with van der Waals surface area (Å²) >= 11 is 0. The fourth-order valence-corrected chi connectivity index (χ4v) is 8.68. The molecule has 0 aliphatic rings. The van der Waals surface area contributed by atoms with Crippen LogP contribution in [0.3, 0.4) is 0 Å². The Morgan fingerprint density at radius 1 is 0.418 bits per heavy atom. The highest BCUT2D eigenvalue weighted by Gasteiger charge is 2.21. The van der Waals surface area contributed by atoms with E-state index in [-0.39, 0.29) is 0 Å². The highest BCUT2D eigenvalue weighted by Crippen LogP contribution is 2.47. The van der Waals surface area contributed by atoms with Crippen LogP contribution < -0.4 is 0 Å². The van der Waals surface area contributed by atoms with Crippen LogP contribution in [-0.4, -0.2) is 14.5 Å². The Kier molecular flexibility index (Phi) is 6.89. The summed E-state index contributed by atoms with van der Waals surface area (Å²) < 4.78 is 2.29. The molecule has 11 rings (SSSR count). The molecule has 3 heterocycles. The van der Waals surface area contributed by atoms with Crippen LogP contribution >= 0.6 is 0 Å². The standard InChI is InChI=1S/C51H30N4/c52-31-32-20-24-46-43(28-32)44-29-36(22-25-47(44)55(46)37-14-2-1-3-15-37)35-21-23-40-45(30-35)49(42-19-7-11-34-13-9-27-54-51(34)42)39-17-5-4-16-38(39)48(40)41-18-6-10-33-12-8-26-53-50(33)41/h1-30H. The fraction of sp³-hybridized carbons (Fsp3) is 0. The van der Waals surface area contributed by atoms with E-state index in [0.29, 0.717) is 5.56 Å². The van der Waals surface area contributed by atoms with Crippen molar-refractivity contribution in [2.45, 2.75) is 0 Å². The van der Waals surface area contributed by atoms with Crippen molar-refractivity contribution >= 4 is 65.2 Å². The van der Waals surface area contributed by atoms with E-state index in [1.54, 1.807) is 0 Å². The third-order valence-corrected chi connectivity index (χ3v) is 11.1. The van der Waals surface area contributed by atoms with E-state index in [2.05, 4.69) is 150 Å². The van der Waals surface area contributed by atoms with Crippen LogP contribution in [0.1, 0.15) is 5.56 Å². The first-order valence-corrected chi connectivity index (χ1v) is 18.5. The van der Waals surface area contributed by atoms with Gasteiger partial charge in [-0.15, -0.1) is 0 Å². The lowest BCUT2D eigenvalue weighted by Crippen LogP contribution is -1.94. The number of rotatable bonds is 4. The summed E-state index contributed by atoms with van der Waals surface area (Å²) in [5, 5.41) is 18.9. The van der Waals surface area contributed by atoms with Gasteiger partial charge in [-0.25, -0.2) is 0 Å². The number of para-hydroxylation sites is 3. The molecule has 4 nitrogen and oxygen atoms in total. The predicted octanol–water partition coefficient (Wildman–Crippen LogP) is 13.1. The zero-order chi connectivity index (χ0) is 36.5. The second-order valence-corrected chi connectivity index (χ2v) is 14.1. The number of fused-ring (bicyclic) bond motifs is 7. The van der Waals surface area contributed by atoms with Gasteiger partial charge in [0.15, 0.2) is 0 Å². The number of pyridine rings is 2. The minimum absolute atomic E-state index is 0.645. The van der Waals surface area contributed by atoms with Gasteiger partial charge in [-0.2, -0.15) is 5.26 Å². The molecule has 4 heteroatoms. The van der Waals surface area contributed by atoms with Crippen molar-refractivity contribution in [3.05, 3.63) is 188 Å². The molecule has 0 saturated carbocycles. The van der Waals surface area contributed by atoms with Crippen LogP contribution in [0.25, 0.3) is 104 Å². The van der Waals surface area contributed by atoms with Crippen molar-refractivity contribution in [1.82, 2.24) is 14.5 Å². The number of aromatic nitrogens is 3. The van der Waals surface area contributed by atoms with Gasteiger partial charge in [-0.05, 0) is 104 Å². The van der Waals surface area contributed by atoms with Crippen LogP contribution in [0.15, 0.2) is 182 Å². The maximum absolute atomic E-state index is 9.89. The van der Waals surface area contributed by atoms with Crippen molar-refractivity contribution in [2.24, 2.45) is 0 Å². The smallest absolute Gasteiger partial charge is 0.0991 e. The second kappa shape index (κ2) is 12.2. The van der Waals surface area contributed by atoms with E-state index in [9.17, 15) is 5.26 Å². The number of nitrogens with zero attached hydrogens (tertiary/aromatic N) is 4. The molecule has 0 atom stereocenters. The van der Waals surface area contributed by atoms with E-state index in [1.807, 2.05) is 42.7 Å². The first kappa shape index (κ1) is 31.0. The van der Waals surface area contributed by atoms with E-state index in [1.165, 1.54) is 16.3 Å². The Bertz CT molecular complexity index is 3380. The molecule has 0 amide bonds. The lowest BCUT2D eigenvalue weighted by Gasteiger charge is -2.20. The molecule has 0 spiro atoms. The van der Waals surface area contributed by atoms with Gasteiger partial charge in [0.2, 0.25) is 0 Å². The largest absolute Gasteiger partial charge is 0.309 e. The second-order valence-electron chi connectivity index (χ2n) is 14.1. The molecule has 3 aromatic heterocycles. The third-order valence-electron chi connectivity index (χ3n) is 11.1. The lowest BCUT2D eigenvalue weighted by atomic mass is 9.84. The maximum Gasteiger partial charge on any atom is 0.0991 e. The molecule has 0 N–H and O–H groups in total. The SMILES string of the molecule is N#Cc1ccc2c(c1)c1cc(-c3ccc4c(-c5cccc6cccnc56)c5ccccc5c(-c5cccc6cccnc56)c4c3)ccc1n2-c1ccccc1. The van der Waals surface area contributed by atoms with Crippen LogP contribution in [0, 0.1) is 11.3 Å². The summed E-state index contributed by atoms with van der Waals surface area (Å²) in [5.74, 6) is 0. The Morgan fingerprint density at radius 3 is 1.60 bits per heavy atom. The average molecular weight is 699 g/mol. The summed E-state index contributed by atoms with van der Waals surface area (Å²) in [6.45, 7) is 0. The Morgan fingerprint density at radius 2 is 0.945 bits per heavy atom. The van der Waals surface area contributed by atoms with Crippen molar-refractivity contribution in [1.29, 1.82) is 5.26 Å². The highest BCUT2D eigenvalue weighted by atomic mass is 15.0. The summed E-state index contributed by atoms with van der Waals surface area (Å²) in [5.41, 5.74) is 12.6. The zero-order valence-electron chi connectivity index (χ0n) is 29.6. The van der Waals surface area contributed by atoms with Gasteiger partial charge in [0.05, 0.1) is 33.7 Å². The van der Waals surface area contributed by atoms with Crippen LogP contribution in [-0.2, 0) is 0 Å². The van der Waals surface area contributed by atoms with E-state index < -0.39 is 0 Å². The summed E-state index contributed by atoms with van der Waals surface area (Å²) in [4.78, 5) is 9.86. The molecule has 0 bridgehead atoms. The first-order valence-electron chi connectivity index (χ1n) is 18.5. The fourth-order valence-electron chi connectivity index (χ4n) is 8.68.